The van der Waals surface area contributed by atoms with E-state index in [0.29, 0.717) is 16.3 Å². The average molecular weight is 486 g/mol. The smallest absolute Gasteiger partial charge is 0.313 e. The number of methoxy groups -OCH3 is 1. The molecule has 0 radical (unpaired) electrons. The largest absolute Gasteiger partial charge is 0.495 e. The second-order valence-electron chi connectivity index (χ2n) is 7.11. The molecule has 10 heteroatoms. The molecule has 0 aliphatic heterocycles. The quantitative estimate of drug-likeness (QED) is 0.382. The Hall–Kier alpha value is -3.95. The van der Waals surface area contributed by atoms with Crippen LogP contribution in [0, 0.1) is 5.82 Å². The fourth-order valence-corrected chi connectivity index (χ4v) is 3.09. The van der Waals surface area contributed by atoms with Crippen LogP contribution >= 0.6 is 11.6 Å². The molecule has 8 nitrogen and oxygen atoms in total. The lowest BCUT2D eigenvalue weighted by Crippen LogP contribution is -2.37. The molecular formula is C24H21ClFN3O5. The third kappa shape index (κ3) is 6.53. The minimum atomic E-state index is -1.03. The molecule has 34 heavy (non-hydrogen) atoms. The van der Waals surface area contributed by atoms with Crippen LogP contribution in [-0.2, 0) is 9.59 Å². The van der Waals surface area contributed by atoms with E-state index in [1.165, 1.54) is 43.5 Å². The fraction of sp³-hybridized carbons (Fsp3) is 0.125. The van der Waals surface area contributed by atoms with Crippen molar-refractivity contribution in [2.24, 2.45) is 0 Å². The van der Waals surface area contributed by atoms with Crippen molar-refractivity contribution >= 4 is 40.7 Å². The first-order valence-electron chi connectivity index (χ1n) is 10.0. The van der Waals surface area contributed by atoms with Crippen LogP contribution in [0.2, 0.25) is 5.02 Å². The molecule has 3 aromatic rings. The van der Waals surface area contributed by atoms with Gasteiger partial charge in [0.15, 0.2) is 0 Å². The van der Waals surface area contributed by atoms with E-state index in [2.05, 4.69) is 16.0 Å². The Morgan fingerprint density at radius 1 is 1.00 bits per heavy atom. The summed E-state index contributed by atoms with van der Waals surface area (Å²) in [5.74, 6) is -2.80. The number of rotatable bonds is 7. The molecule has 4 N–H and O–H groups in total. The molecule has 0 aromatic heterocycles. The molecule has 0 saturated carbocycles. The van der Waals surface area contributed by atoms with Crippen molar-refractivity contribution < 1.29 is 28.6 Å². The van der Waals surface area contributed by atoms with Gasteiger partial charge in [-0.1, -0.05) is 29.8 Å². The number of benzene rings is 3. The van der Waals surface area contributed by atoms with Crippen LogP contribution in [-0.4, -0.2) is 36.5 Å². The SMILES string of the molecule is COc1ccc(NC(=O)C(=O)NCC(O)c2ccc(Cl)cc2)cc1NC(=O)c1cccc(F)c1. The van der Waals surface area contributed by atoms with Crippen molar-refractivity contribution in [3.8, 4) is 5.75 Å². The van der Waals surface area contributed by atoms with E-state index in [0.717, 1.165) is 6.07 Å². The molecule has 176 valence electrons. The summed E-state index contributed by atoms with van der Waals surface area (Å²) in [5.41, 5.74) is 1.02. The van der Waals surface area contributed by atoms with Gasteiger partial charge >= 0.3 is 11.8 Å². The fourth-order valence-electron chi connectivity index (χ4n) is 2.97. The summed E-state index contributed by atoms with van der Waals surface area (Å²) in [7, 11) is 1.39. The lowest BCUT2D eigenvalue weighted by atomic mass is 10.1. The van der Waals surface area contributed by atoms with Gasteiger partial charge in [0, 0.05) is 22.8 Å². The number of hydrogen-bond donors (Lipinski definition) is 4. The number of anilines is 2. The molecular weight excluding hydrogens is 465 g/mol. The predicted octanol–water partition coefficient (Wildman–Crippen LogP) is 3.53. The van der Waals surface area contributed by atoms with Gasteiger partial charge in [-0.25, -0.2) is 4.39 Å². The van der Waals surface area contributed by atoms with Crippen LogP contribution in [0.3, 0.4) is 0 Å². The highest BCUT2D eigenvalue weighted by molar-refractivity contribution is 6.39. The molecule has 0 aliphatic rings. The van der Waals surface area contributed by atoms with Crippen molar-refractivity contribution in [1.29, 1.82) is 0 Å². The Labute approximate surface area is 199 Å². The molecule has 0 fully saturated rings. The Kier molecular flexibility index (Phi) is 8.18. The van der Waals surface area contributed by atoms with Crippen molar-refractivity contribution in [3.63, 3.8) is 0 Å². The van der Waals surface area contributed by atoms with E-state index >= 15 is 0 Å². The molecule has 3 aromatic carbocycles. The normalized spacial score (nSPS) is 11.3. The Bertz CT molecular complexity index is 1200. The number of hydrogen-bond acceptors (Lipinski definition) is 5. The maximum atomic E-state index is 13.4. The van der Waals surface area contributed by atoms with Gasteiger partial charge in [0.2, 0.25) is 0 Å². The van der Waals surface area contributed by atoms with Crippen LogP contribution in [0.5, 0.6) is 5.75 Å². The second-order valence-corrected chi connectivity index (χ2v) is 7.55. The number of nitrogens with one attached hydrogen (secondary N) is 3. The number of ether oxygens (including phenoxy) is 1. The van der Waals surface area contributed by atoms with E-state index in [-0.39, 0.29) is 23.5 Å². The zero-order valence-corrected chi connectivity index (χ0v) is 18.7. The highest BCUT2D eigenvalue weighted by atomic mass is 35.5. The van der Waals surface area contributed by atoms with Gasteiger partial charge in [0.05, 0.1) is 18.9 Å². The zero-order chi connectivity index (χ0) is 24.7. The standard InChI is InChI=1S/C24H21ClFN3O5/c1-34-21-10-9-18(12-19(21)29-22(31)15-3-2-4-17(26)11-15)28-24(33)23(32)27-13-20(30)14-5-7-16(25)8-6-14/h2-12,20,30H,13H2,1H3,(H,27,32)(H,28,33)(H,29,31). The van der Waals surface area contributed by atoms with Gasteiger partial charge in [-0.05, 0) is 54.1 Å². The van der Waals surface area contributed by atoms with E-state index in [1.54, 1.807) is 24.3 Å². The van der Waals surface area contributed by atoms with Crippen LogP contribution in [0.4, 0.5) is 15.8 Å². The minimum absolute atomic E-state index is 0.0927. The summed E-state index contributed by atoms with van der Waals surface area (Å²) in [6.45, 7) is -0.189. The molecule has 0 saturated heterocycles. The first-order chi connectivity index (χ1) is 16.3. The number of aliphatic hydroxyl groups is 1. The molecule has 1 atom stereocenters. The Morgan fingerprint density at radius 2 is 1.74 bits per heavy atom. The predicted molar refractivity (Wildman–Crippen MR) is 125 cm³/mol. The third-order valence-corrected chi connectivity index (χ3v) is 4.96. The van der Waals surface area contributed by atoms with E-state index in [1.807, 2.05) is 0 Å². The number of carbonyl (C=O) groups excluding carboxylic acids is 3. The summed E-state index contributed by atoms with van der Waals surface area (Å²) >= 11 is 5.81. The molecule has 0 bridgehead atoms. The highest BCUT2D eigenvalue weighted by Crippen LogP contribution is 2.28. The van der Waals surface area contributed by atoms with Crippen LogP contribution < -0.4 is 20.7 Å². The number of aliphatic hydroxyl groups excluding tert-OH is 1. The Balaban J connectivity index is 1.63. The van der Waals surface area contributed by atoms with E-state index in [4.69, 9.17) is 16.3 Å². The van der Waals surface area contributed by atoms with E-state index in [9.17, 15) is 23.9 Å². The molecule has 0 heterocycles. The minimum Gasteiger partial charge on any atom is -0.495 e. The third-order valence-electron chi connectivity index (χ3n) is 4.71. The summed E-state index contributed by atoms with van der Waals surface area (Å²) in [6.07, 6.45) is -1.03. The second kappa shape index (κ2) is 11.3. The highest BCUT2D eigenvalue weighted by Gasteiger charge is 2.18. The van der Waals surface area contributed by atoms with Crippen LogP contribution in [0.1, 0.15) is 22.0 Å². The van der Waals surface area contributed by atoms with Crippen molar-refractivity contribution in [3.05, 3.63) is 88.7 Å². The first-order valence-corrected chi connectivity index (χ1v) is 10.4. The first kappa shape index (κ1) is 24.7. The summed E-state index contributed by atoms with van der Waals surface area (Å²) < 4.78 is 18.6. The number of halogens is 2. The maximum Gasteiger partial charge on any atom is 0.313 e. The van der Waals surface area contributed by atoms with E-state index < -0.39 is 29.6 Å². The average Bonchev–Trinajstić information content (AvgIpc) is 2.83. The van der Waals surface area contributed by atoms with Gasteiger partial charge in [0.1, 0.15) is 11.6 Å². The number of amides is 3. The van der Waals surface area contributed by atoms with Gasteiger partial charge in [0.25, 0.3) is 5.91 Å². The van der Waals surface area contributed by atoms with Crippen molar-refractivity contribution in [2.75, 3.05) is 24.3 Å². The number of carbonyl (C=O) groups is 3. The molecule has 0 aliphatic carbocycles. The maximum absolute atomic E-state index is 13.4. The Morgan fingerprint density at radius 3 is 2.41 bits per heavy atom. The molecule has 3 rings (SSSR count). The van der Waals surface area contributed by atoms with Crippen molar-refractivity contribution in [2.45, 2.75) is 6.10 Å². The summed E-state index contributed by atoms with van der Waals surface area (Å²) in [6, 6.07) is 15.9. The lowest BCUT2D eigenvalue weighted by Gasteiger charge is -2.14. The molecule has 0 spiro atoms. The monoisotopic (exact) mass is 485 g/mol. The van der Waals surface area contributed by atoms with Crippen molar-refractivity contribution in [1.82, 2.24) is 5.32 Å². The summed E-state index contributed by atoms with van der Waals surface area (Å²) in [4.78, 5) is 36.9. The zero-order valence-electron chi connectivity index (χ0n) is 18.0. The lowest BCUT2D eigenvalue weighted by molar-refractivity contribution is -0.136. The van der Waals surface area contributed by atoms with Gasteiger partial charge in [-0.15, -0.1) is 0 Å². The molecule has 3 amide bonds. The van der Waals surface area contributed by atoms with Gasteiger partial charge in [-0.3, -0.25) is 14.4 Å². The van der Waals surface area contributed by atoms with Crippen LogP contribution in [0.25, 0.3) is 0 Å². The topological polar surface area (TPSA) is 117 Å². The van der Waals surface area contributed by atoms with Gasteiger partial charge < -0.3 is 25.8 Å². The van der Waals surface area contributed by atoms with Crippen LogP contribution in [0.15, 0.2) is 66.7 Å². The van der Waals surface area contributed by atoms with Gasteiger partial charge in [-0.2, -0.15) is 0 Å². The molecule has 1 unspecified atom stereocenters. The summed E-state index contributed by atoms with van der Waals surface area (Å²) in [5, 5.41) is 18.0.